The quantitative estimate of drug-likeness (QED) is 0.231. The van der Waals surface area contributed by atoms with E-state index in [4.69, 9.17) is 14.2 Å². The molecule has 2 aliphatic carbocycles. The minimum absolute atomic E-state index is 0. The maximum atomic E-state index is 14.9. The predicted molar refractivity (Wildman–Crippen MR) is 238 cm³/mol. The fourth-order valence-corrected chi connectivity index (χ4v) is 10.1. The summed E-state index contributed by atoms with van der Waals surface area (Å²) in [6.07, 6.45) is 7.46. The van der Waals surface area contributed by atoms with Crippen molar-refractivity contribution in [3.63, 3.8) is 0 Å². The Balaban J connectivity index is 0.00000269. The van der Waals surface area contributed by atoms with Crippen molar-refractivity contribution in [2.45, 2.75) is 141 Å². The van der Waals surface area contributed by atoms with E-state index in [1.165, 1.54) is 4.90 Å². The fraction of sp³-hybridized carbons (Fsp3) is 0.659. The lowest BCUT2D eigenvalue weighted by Crippen LogP contribution is -2.59. The number of pyridine rings is 1. The summed E-state index contributed by atoms with van der Waals surface area (Å²) >= 11 is 0. The van der Waals surface area contributed by atoms with E-state index in [1.54, 1.807) is 41.0 Å². The lowest BCUT2D eigenvalue weighted by atomic mass is 9.88. The highest BCUT2D eigenvalue weighted by Crippen LogP contribution is 2.49. The van der Waals surface area contributed by atoms with Gasteiger partial charge in [-0.1, -0.05) is 46.8 Å². The van der Waals surface area contributed by atoms with Gasteiger partial charge in [-0.25, -0.2) is 18.2 Å². The molecule has 1 aromatic carbocycles. The molecule has 2 aliphatic heterocycles. The predicted octanol–water partition coefficient (Wildman–Crippen LogP) is 6.59. The Hall–Kier alpha value is -4.60. The van der Waals surface area contributed by atoms with E-state index in [0.717, 1.165) is 17.5 Å². The molecule has 1 aromatic heterocycles. The number of ether oxygens (including phenoxy) is 3. The molecule has 1 saturated heterocycles. The summed E-state index contributed by atoms with van der Waals surface area (Å²) in [5.41, 5.74) is -1.43. The zero-order valence-electron chi connectivity index (χ0n) is 37.2. The van der Waals surface area contributed by atoms with Crippen molar-refractivity contribution in [2.24, 2.45) is 17.8 Å². The first-order valence-electron chi connectivity index (χ1n) is 21.4. The van der Waals surface area contributed by atoms with Crippen LogP contribution in [0, 0.1) is 17.8 Å². The molecule has 60 heavy (non-hydrogen) atoms. The number of hydrogen-bond donors (Lipinski definition) is 3. The van der Waals surface area contributed by atoms with Crippen molar-refractivity contribution in [1.29, 1.82) is 0 Å². The van der Waals surface area contributed by atoms with Gasteiger partial charge in [0.2, 0.25) is 27.7 Å². The van der Waals surface area contributed by atoms with Crippen LogP contribution in [0.4, 0.5) is 10.5 Å². The number of sulfonamides is 1. The van der Waals surface area contributed by atoms with E-state index in [0.29, 0.717) is 43.2 Å². The molecule has 6 rings (SSSR count). The number of carbonyl (C=O) groups excluding carboxylic acids is 4. The van der Waals surface area contributed by atoms with Crippen molar-refractivity contribution >= 4 is 50.3 Å². The molecular weight excluding hydrogens is 789 g/mol. The number of aromatic nitrogens is 1. The number of alkyl carbamates (subject to hydrolysis) is 1. The summed E-state index contributed by atoms with van der Waals surface area (Å²) in [5.74, 6) is -1.75. The molecule has 3 N–H and O–H groups in total. The lowest BCUT2D eigenvalue weighted by molar-refractivity contribution is -0.142. The first-order chi connectivity index (χ1) is 28.2. The topological polar surface area (TPSA) is 186 Å². The van der Waals surface area contributed by atoms with Gasteiger partial charge in [-0.2, -0.15) is 0 Å². The number of benzene rings is 1. The summed E-state index contributed by atoms with van der Waals surface area (Å²) in [6.45, 7) is 14.9. The third-order valence-electron chi connectivity index (χ3n) is 12.2. The Morgan fingerprint density at radius 2 is 1.80 bits per heavy atom. The Bertz CT molecular complexity index is 2080. The number of allylic oxidation sites excluding steroid dienone is 1. The molecule has 0 bridgehead atoms. The first kappa shape index (κ1) is 46.5. The van der Waals surface area contributed by atoms with Gasteiger partial charge in [0, 0.05) is 47.2 Å². The number of hydrogen-bond acceptors (Lipinski definition) is 11. The lowest BCUT2D eigenvalue weighted by Gasteiger charge is -2.33. The van der Waals surface area contributed by atoms with Crippen molar-refractivity contribution in [1.82, 2.24) is 25.2 Å². The second-order valence-electron chi connectivity index (χ2n) is 17.9. The maximum absolute atomic E-state index is 14.9. The van der Waals surface area contributed by atoms with Gasteiger partial charge in [0.1, 0.15) is 35.1 Å². The molecule has 0 radical (unpaired) electrons. The van der Waals surface area contributed by atoms with Gasteiger partial charge in [0.05, 0.1) is 24.6 Å². The molecule has 0 unspecified atom stereocenters. The monoisotopic (exact) mass is 861 g/mol. The molecule has 4 amide bonds. The molecule has 7 atom stereocenters. The van der Waals surface area contributed by atoms with Gasteiger partial charge in [0.25, 0.3) is 5.91 Å². The second kappa shape index (κ2) is 18.2. The Morgan fingerprint density at radius 3 is 2.42 bits per heavy atom. The number of anilines is 1. The summed E-state index contributed by atoms with van der Waals surface area (Å²) in [7, 11) is 1.41. The van der Waals surface area contributed by atoms with Gasteiger partial charge < -0.3 is 34.6 Å². The smallest absolute Gasteiger partial charge is 0.408 e. The molecule has 3 heterocycles. The Labute approximate surface area is 360 Å². The second-order valence-corrected chi connectivity index (χ2v) is 20.0. The average Bonchev–Trinajstić information content (AvgIpc) is 4.09. The van der Waals surface area contributed by atoms with Crippen LogP contribution in [-0.2, 0) is 29.1 Å². The van der Waals surface area contributed by atoms with E-state index < -0.39 is 73.8 Å². The third-order valence-corrected chi connectivity index (χ3v) is 14.4. The minimum atomic E-state index is -4.02. The maximum Gasteiger partial charge on any atom is 0.408 e. The van der Waals surface area contributed by atoms with Crippen LogP contribution >= 0.6 is 0 Å². The third kappa shape index (κ3) is 9.95. The normalized spacial score (nSPS) is 28.2. The van der Waals surface area contributed by atoms with Crippen LogP contribution in [0.2, 0.25) is 0 Å². The molecule has 16 heteroatoms. The van der Waals surface area contributed by atoms with Crippen LogP contribution < -0.4 is 29.7 Å². The number of fused-ring (bicyclic) bond motifs is 3. The van der Waals surface area contributed by atoms with E-state index in [-0.39, 0.29) is 41.4 Å². The van der Waals surface area contributed by atoms with Crippen molar-refractivity contribution < 1.29 is 46.1 Å². The number of methoxy groups -OCH3 is 1. The summed E-state index contributed by atoms with van der Waals surface area (Å²) in [4.78, 5) is 64.8. The highest BCUT2D eigenvalue weighted by molar-refractivity contribution is 7.91. The summed E-state index contributed by atoms with van der Waals surface area (Å²) in [6, 6.07) is 3.57. The fourth-order valence-electron chi connectivity index (χ4n) is 8.39. The van der Waals surface area contributed by atoms with Crippen molar-refractivity contribution in [2.75, 3.05) is 32.6 Å². The number of amides is 4. The SMILES string of the molecule is CC.CCC1(S(=O)(=O)NC(=O)[C@@]23C[C@H]2/C=C\CC[C@@H](C)C[C@@H](C)[C@H](NC(=O)OC(C)(C)C)C(=O)N2C[C@H](Oc4ncc(OC)c5cc(N(C)C)ccc45)C[C@H]2C(=O)N3)CC1.[HH].[HH].[HH]. The number of carbonyl (C=O) groups is 4. The van der Waals surface area contributed by atoms with Crippen molar-refractivity contribution in [3.05, 3.63) is 36.5 Å². The Morgan fingerprint density at radius 1 is 1.10 bits per heavy atom. The van der Waals surface area contributed by atoms with Crippen LogP contribution in [-0.4, -0.2) is 104 Å². The molecule has 15 nitrogen and oxygen atoms in total. The van der Waals surface area contributed by atoms with Crippen LogP contribution in [0.3, 0.4) is 0 Å². The summed E-state index contributed by atoms with van der Waals surface area (Å²) < 4.78 is 46.0. The largest absolute Gasteiger partial charge is 0.494 e. The van der Waals surface area contributed by atoms with Gasteiger partial charge in [-0.15, -0.1) is 0 Å². The Kier molecular flexibility index (Phi) is 14.1. The van der Waals surface area contributed by atoms with Gasteiger partial charge in [0.15, 0.2) is 0 Å². The number of nitrogens with one attached hydrogen (secondary N) is 3. The van der Waals surface area contributed by atoms with E-state index >= 15 is 0 Å². The standard InChI is InChI=1S/C42H60N6O9S.C2H6.3H2/c1-10-41(17-18-41)58(53,54)46-38(51)42-22-27(42)14-12-11-13-25(2)19-26(3)34(44-39(52)57-40(4,5)6)37(50)48-24-29(21-32(48)35(49)45-42)56-36-30-16-15-28(47(7)8)20-31(30)33(55-9)23-43-36;1-2;;;/h12,14-16,20,23,25-27,29,32,34H,10-11,13,17-19,21-22,24H2,1-9H3,(H,44,52)(H,45,49)(H,46,51);1-2H3;3*1H/b14-12-;;;;/t25-,26-,27-,29-,32+,34+,42-;;;;/m1..../s1. The van der Waals surface area contributed by atoms with Crippen LogP contribution in [0.25, 0.3) is 10.8 Å². The van der Waals surface area contributed by atoms with Crippen molar-refractivity contribution in [3.8, 4) is 11.6 Å². The van der Waals surface area contributed by atoms with E-state index in [2.05, 4.69) is 27.3 Å². The highest BCUT2D eigenvalue weighted by atomic mass is 32.2. The molecular formula is C44H72N6O9S. The molecule has 0 spiro atoms. The molecule has 4 aliphatic rings. The zero-order chi connectivity index (χ0) is 44.4. The molecule has 2 aromatic rings. The number of rotatable bonds is 9. The van der Waals surface area contributed by atoms with Crippen LogP contribution in [0.5, 0.6) is 11.6 Å². The van der Waals surface area contributed by atoms with Gasteiger partial charge >= 0.3 is 6.09 Å². The van der Waals surface area contributed by atoms with Crippen LogP contribution in [0.15, 0.2) is 36.5 Å². The zero-order valence-corrected chi connectivity index (χ0v) is 38.0. The van der Waals surface area contributed by atoms with Gasteiger partial charge in [-0.05, 0) is 95.8 Å². The van der Waals surface area contributed by atoms with E-state index in [9.17, 15) is 27.6 Å². The summed E-state index contributed by atoms with van der Waals surface area (Å²) in [5, 5.41) is 7.18. The number of nitrogens with zero attached hydrogens (tertiary/aromatic N) is 3. The molecule has 338 valence electrons. The molecule has 3 fully saturated rings. The minimum Gasteiger partial charge on any atom is -0.494 e. The highest BCUT2D eigenvalue weighted by Gasteiger charge is 2.63. The van der Waals surface area contributed by atoms with Crippen LogP contribution in [0.1, 0.15) is 111 Å². The van der Waals surface area contributed by atoms with E-state index in [1.807, 2.05) is 70.1 Å². The first-order valence-corrected chi connectivity index (χ1v) is 22.9. The average molecular weight is 861 g/mol. The molecule has 2 saturated carbocycles. The van der Waals surface area contributed by atoms with Gasteiger partial charge in [-0.3, -0.25) is 19.1 Å².